The summed E-state index contributed by atoms with van der Waals surface area (Å²) in [5.74, 6) is -1.28. The van der Waals surface area contributed by atoms with Crippen LogP contribution in [0.3, 0.4) is 0 Å². The number of halogens is 3. The van der Waals surface area contributed by atoms with Gasteiger partial charge in [-0.15, -0.1) is 12.4 Å². The number of benzene rings is 1. The summed E-state index contributed by atoms with van der Waals surface area (Å²) < 4.78 is 13.2. The van der Waals surface area contributed by atoms with Crippen molar-refractivity contribution >= 4 is 28.3 Å². The van der Waals surface area contributed by atoms with Crippen molar-refractivity contribution in [3.63, 3.8) is 0 Å². The van der Waals surface area contributed by atoms with E-state index < -0.39 is 17.6 Å². The Balaban J connectivity index is 0.00000169. The maximum atomic E-state index is 13.1. The SMILES string of the molecule is Cl.N[C@H](CO)c1ccc(Br)c(F)c1O. The summed E-state index contributed by atoms with van der Waals surface area (Å²) in [6, 6.07) is 2.13. The molecule has 0 aliphatic heterocycles. The summed E-state index contributed by atoms with van der Waals surface area (Å²) in [4.78, 5) is 0. The first-order valence-electron chi connectivity index (χ1n) is 3.61. The number of hydrogen-bond donors (Lipinski definition) is 3. The Bertz CT molecular complexity index is 324. The van der Waals surface area contributed by atoms with Crippen LogP contribution in [0.5, 0.6) is 5.75 Å². The number of aliphatic hydroxyl groups excluding tert-OH is 1. The molecule has 1 rings (SSSR count). The van der Waals surface area contributed by atoms with Crippen LogP contribution in [0.2, 0.25) is 0 Å². The molecule has 1 aromatic carbocycles. The van der Waals surface area contributed by atoms with E-state index in [0.29, 0.717) is 0 Å². The summed E-state index contributed by atoms with van der Waals surface area (Å²) >= 11 is 2.91. The zero-order valence-electron chi connectivity index (χ0n) is 7.08. The van der Waals surface area contributed by atoms with E-state index in [9.17, 15) is 9.50 Å². The molecule has 4 N–H and O–H groups in total. The molecule has 1 aromatic rings. The Morgan fingerprint density at radius 1 is 1.50 bits per heavy atom. The van der Waals surface area contributed by atoms with Crippen LogP contribution in [0.4, 0.5) is 4.39 Å². The highest BCUT2D eigenvalue weighted by Gasteiger charge is 2.15. The molecule has 0 radical (unpaired) electrons. The molecule has 0 amide bonds. The summed E-state index contributed by atoms with van der Waals surface area (Å²) in [5.41, 5.74) is 5.62. The van der Waals surface area contributed by atoms with Crippen LogP contribution in [0, 0.1) is 5.82 Å². The number of phenols is 1. The van der Waals surface area contributed by atoms with Crippen molar-refractivity contribution in [3.8, 4) is 5.75 Å². The molecule has 0 bridgehead atoms. The van der Waals surface area contributed by atoms with Crippen molar-refractivity contribution in [3.05, 3.63) is 28.0 Å². The molecular weight excluding hydrogens is 276 g/mol. The second-order valence-electron chi connectivity index (χ2n) is 2.59. The highest BCUT2D eigenvalue weighted by molar-refractivity contribution is 9.10. The number of rotatable bonds is 2. The lowest BCUT2D eigenvalue weighted by molar-refractivity contribution is 0.264. The molecule has 3 nitrogen and oxygen atoms in total. The Labute approximate surface area is 95.3 Å². The molecule has 14 heavy (non-hydrogen) atoms. The lowest BCUT2D eigenvalue weighted by atomic mass is 10.1. The maximum absolute atomic E-state index is 13.1. The highest BCUT2D eigenvalue weighted by Crippen LogP contribution is 2.30. The largest absolute Gasteiger partial charge is 0.505 e. The van der Waals surface area contributed by atoms with Crippen LogP contribution >= 0.6 is 28.3 Å². The first-order valence-corrected chi connectivity index (χ1v) is 4.40. The van der Waals surface area contributed by atoms with Gasteiger partial charge in [-0.05, 0) is 22.0 Å². The van der Waals surface area contributed by atoms with Crippen LogP contribution in [0.25, 0.3) is 0 Å². The molecule has 0 saturated carbocycles. The zero-order valence-corrected chi connectivity index (χ0v) is 9.48. The van der Waals surface area contributed by atoms with Crippen molar-refractivity contribution in [1.29, 1.82) is 0 Å². The minimum atomic E-state index is -0.763. The van der Waals surface area contributed by atoms with Gasteiger partial charge in [0.05, 0.1) is 17.1 Å². The molecule has 6 heteroatoms. The van der Waals surface area contributed by atoms with E-state index in [4.69, 9.17) is 10.8 Å². The fourth-order valence-electron chi connectivity index (χ4n) is 0.952. The Kier molecular flexibility index (Phi) is 5.36. The van der Waals surface area contributed by atoms with E-state index in [2.05, 4.69) is 15.9 Å². The first kappa shape index (κ1) is 13.6. The lowest BCUT2D eigenvalue weighted by Crippen LogP contribution is -2.14. The Morgan fingerprint density at radius 2 is 2.07 bits per heavy atom. The predicted molar refractivity (Wildman–Crippen MR) is 57.0 cm³/mol. The van der Waals surface area contributed by atoms with Crippen molar-refractivity contribution in [2.24, 2.45) is 5.73 Å². The molecule has 0 fully saturated rings. The van der Waals surface area contributed by atoms with Gasteiger partial charge < -0.3 is 15.9 Å². The average molecular weight is 287 g/mol. The summed E-state index contributed by atoms with van der Waals surface area (Å²) in [6.45, 7) is -0.339. The summed E-state index contributed by atoms with van der Waals surface area (Å²) in [7, 11) is 0. The lowest BCUT2D eigenvalue weighted by Gasteiger charge is -2.11. The number of hydrogen-bond acceptors (Lipinski definition) is 3. The van der Waals surface area contributed by atoms with E-state index in [-0.39, 0.29) is 29.1 Å². The Morgan fingerprint density at radius 3 is 2.57 bits per heavy atom. The first-order chi connectivity index (χ1) is 6.07. The molecule has 0 aliphatic rings. The van der Waals surface area contributed by atoms with Crippen molar-refractivity contribution in [2.45, 2.75) is 6.04 Å². The zero-order chi connectivity index (χ0) is 10.0. The smallest absolute Gasteiger partial charge is 0.179 e. The van der Waals surface area contributed by atoms with Crippen LogP contribution < -0.4 is 5.73 Å². The molecule has 0 heterocycles. The second kappa shape index (κ2) is 5.50. The molecule has 0 unspecified atom stereocenters. The van der Waals surface area contributed by atoms with Gasteiger partial charge in [-0.1, -0.05) is 6.07 Å². The quantitative estimate of drug-likeness (QED) is 0.775. The van der Waals surface area contributed by atoms with Gasteiger partial charge in [0, 0.05) is 5.56 Å². The van der Waals surface area contributed by atoms with E-state index in [1.807, 2.05) is 0 Å². The molecule has 0 saturated heterocycles. The minimum Gasteiger partial charge on any atom is -0.505 e. The number of aliphatic hydroxyl groups is 1. The Hall–Kier alpha value is -0.360. The van der Waals surface area contributed by atoms with Gasteiger partial charge in [-0.25, -0.2) is 4.39 Å². The monoisotopic (exact) mass is 285 g/mol. The van der Waals surface area contributed by atoms with Crippen molar-refractivity contribution in [1.82, 2.24) is 0 Å². The van der Waals surface area contributed by atoms with E-state index in [1.165, 1.54) is 12.1 Å². The van der Waals surface area contributed by atoms with Gasteiger partial charge in [-0.3, -0.25) is 0 Å². The standard InChI is InChI=1S/C8H9BrFNO2.ClH/c9-5-2-1-4(6(11)3-12)8(13)7(5)10;/h1-2,6,12-13H,3,11H2;1H/t6-;/m1./s1. The number of phenolic OH excluding ortho intramolecular Hbond substituents is 1. The van der Waals surface area contributed by atoms with Crippen LogP contribution in [0.15, 0.2) is 16.6 Å². The summed E-state index contributed by atoms with van der Waals surface area (Å²) in [5, 5.41) is 18.0. The number of aromatic hydroxyl groups is 1. The van der Waals surface area contributed by atoms with Gasteiger partial charge in [0.25, 0.3) is 0 Å². The normalized spacial score (nSPS) is 12.0. The fraction of sp³-hybridized carbons (Fsp3) is 0.250. The molecule has 0 aliphatic carbocycles. The maximum Gasteiger partial charge on any atom is 0.179 e. The van der Waals surface area contributed by atoms with Gasteiger partial charge in [-0.2, -0.15) is 0 Å². The van der Waals surface area contributed by atoms with Gasteiger partial charge in [0.1, 0.15) is 0 Å². The third kappa shape index (κ3) is 2.57. The molecule has 0 aromatic heterocycles. The molecule has 0 spiro atoms. The third-order valence-electron chi connectivity index (χ3n) is 1.70. The highest BCUT2D eigenvalue weighted by atomic mass is 79.9. The molecule has 80 valence electrons. The molecular formula is C8H10BrClFNO2. The van der Waals surface area contributed by atoms with Crippen molar-refractivity contribution in [2.75, 3.05) is 6.61 Å². The second-order valence-corrected chi connectivity index (χ2v) is 3.44. The van der Waals surface area contributed by atoms with Gasteiger partial charge >= 0.3 is 0 Å². The van der Waals surface area contributed by atoms with Crippen LogP contribution in [-0.2, 0) is 0 Å². The van der Waals surface area contributed by atoms with Gasteiger partial charge in [0.15, 0.2) is 11.6 Å². The fourth-order valence-corrected chi connectivity index (χ4v) is 1.27. The minimum absolute atomic E-state index is 0. The molecule has 1 atom stereocenters. The van der Waals surface area contributed by atoms with Crippen molar-refractivity contribution < 1.29 is 14.6 Å². The topological polar surface area (TPSA) is 66.5 Å². The van der Waals surface area contributed by atoms with E-state index >= 15 is 0 Å². The van der Waals surface area contributed by atoms with Crippen LogP contribution in [0.1, 0.15) is 11.6 Å². The predicted octanol–water partition coefficient (Wildman–Crippen LogP) is 1.71. The van der Waals surface area contributed by atoms with E-state index in [1.54, 1.807) is 0 Å². The summed E-state index contributed by atoms with van der Waals surface area (Å²) in [6.07, 6.45) is 0. The third-order valence-corrected chi connectivity index (χ3v) is 2.31. The van der Waals surface area contributed by atoms with Crippen LogP contribution in [-0.4, -0.2) is 16.8 Å². The van der Waals surface area contributed by atoms with E-state index in [0.717, 1.165) is 0 Å². The van der Waals surface area contributed by atoms with Gasteiger partial charge in [0.2, 0.25) is 0 Å². The average Bonchev–Trinajstić information content (AvgIpc) is 2.13. The number of nitrogens with two attached hydrogens (primary N) is 1.